The normalized spacial score (nSPS) is 13.2. The first-order valence-corrected chi connectivity index (χ1v) is 8.16. The molecule has 0 fully saturated rings. The van der Waals surface area contributed by atoms with Crippen molar-refractivity contribution in [2.24, 2.45) is 11.8 Å². The number of hydrogen-bond donors (Lipinski definition) is 2. The molecule has 0 saturated carbocycles. The monoisotopic (exact) mass is 256 g/mol. The smallest absolute Gasteiger partial charge is 0.0210 e. The summed E-state index contributed by atoms with van der Waals surface area (Å²) in [5.41, 5.74) is 2.98. The molecule has 0 bridgehead atoms. The summed E-state index contributed by atoms with van der Waals surface area (Å²) >= 11 is 0. The van der Waals surface area contributed by atoms with Crippen LogP contribution in [0.25, 0.3) is 0 Å². The van der Waals surface area contributed by atoms with E-state index >= 15 is 0 Å². The van der Waals surface area contributed by atoms with Gasteiger partial charge in [-0.1, -0.05) is 72.1 Å². The second kappa shape index (κ2) is 13.4. The third kappa shape index (κ3) is 12.4. The number of hydrazine groups is 1. The van der Waals surface area contributed by atoms with Gasteiger partial charge in [-0.25, -0.2) is 0 Å². The fraction of sp³-hybridized carbons (Fsp3) is 1.00. The maximum atomic E-state index is 5.60. The lowest BCUT2D eigenvalue weighted by Gasteiger charge is -2.16. The van der Waals surface area contributed by atoms with E-state index in [2.05, 4.69) is 26.2 Å². The fourth-order valence-electron chi connectivity index (χ4n) is 2.37. The molecular formula is C16H36N2. The highest BCUT2D eigenvalue weighted by atomic mass is 15.2. The maximum Gasteiger partial charge on any atom is 0.0210 e. The van der Waals surface area contributed by atoms with E-state index in [1.807, 2.05) is 0 Å². The Bertz CT molecular complexity index is 157. The Labute approximate surface area is 115 Å². The minimum absolute atomic E-state index is 0.535. The molecule has 0 spiro atoms. The number of hydrogen-bond acceptors (Lipinski definition) is 2. The van der Waals surface area contributed by atoms with E-state index in [0.717, 1.165) is 5.92 Å². The zero-order chi connectivity index (χ0) is 13.6. The van der Waals surface area contributed by atoms with Gasteiger partial charge in [-0.2, -0.15) is 0 Å². The van der Waals surface area contributed by atoms with Crippen molar-refractivity contribution in [3.05, 3.63) is 0 Å². The van der Waals surface area contributed by atoms with Crippen LogP contribution < -0.4 is 11.3 Å². The predicted octanol–water partition coefficient (Wildman–Crippen LogP) is 4.79. The van der Waals surface area contributed by atoms with Crippen molar-refractivity contribution in [2.75, 3.05) is 0 Å². The molecule has 0 aromatic heterocycles. The van der Waals surface area contributed by atoms with Crippen molar-refractivity contribution in [3.63, 3.8) is 0 Å². The van der Waals surface area contributed by atoms with E-state index in [1.54, 1.807) is 0 Å². The molecule has 0 aliphatic rings. The average Bonchev–Trinajstić information content (AvgIpc) is 2.36. The molecule has 0 aliphatic heterocycles. The van der Waals surface area contributed by atoms with Gasteiger partial charge in [-0.15, -0.1) is 0 Å². The summed E-state index contributed by atoms with van der Waals surface area (Å²) in [7, 11) is 0. The zero-order valence-electron chi connectivity index (χ0n) is 13.0. The Hall–Kier alpha value is -0.0800. The highest BCUT2D eigenvalue weighted by Crippen LogP contribution is 2.14. The van der Waals surface area contributed by atoms with E-state index < -0.39 is 0 Å². The van der Waals surface area contributed by atoms with E-state index in [0.29, 0.717) is 6.04 Å². The van der Waals surface area contributed by atoms with Gasteiger partial charge in [0, 0.05) is 6.04 Å². The lowest BCUT2D eigenvalue weighted by atomic mass is 9.99. The summed E-state index contributed by atoms with van der Waals surface area (Å²) in [5, 5.41) is 0. The van der Waals surface area contributed by atoms with Gasteiger partial charge < -0.3 is 0 Å². The van der Waals surface area contributed by atoms with Crippen LogP contribution in [0.5, 0.6) is 0 Å². The molecule has 110 valence electrons. The van der Waals surface area contributed by atoms with Crippen LogP contribution in [0.15, 0.2) is 0 Å². The van der Waals surface area contributed by atoms with Crippen LogP contribution in [0.3, 0.4) is 0 Å². The highest BCUT2D eigenvalue weighted by Gasteiger charge is 2.06. The SMILES string of the molecule is CCCCCCCCCCC(CCC(C)C)NN. The summed E-state index contributed by atoms with van der Waals surface area (Å²) in [6.45, 7) is 6.84. The topological polar surface area (TPSA) is 38.0 Å². The Morgan fingerprint density at radius 3 is 1.83 bits per heavy atom. The van der Waals surface area contributed by atoms with Crippen LogP contribution in [0.1, 0.15) is 91.4 Å². The number of nitrogens with two attached hydrogens (primary N) is 1. The van der Waals surface area contributed by atoms with Crippen LogP contribution in [-0.2, 0) is 0 Å². The largest absolute Gasteiger partial charge is 0.271 e. The van der Waals surface area contributed by atoms with Crippen LogP contribution in [0.4, 0.5) is 0 Å². The summed E-state index contributed by atoms with van der Waals surface area (Å²) in [6, 6.07) is 0.535. The zero-order valence-corrected chi connectivity index (χ0v) is 13.0. The fourth-order valence-corrected chi connectivity index (χ4v) is 2.37. The molecule has 2 heteroatoms. The Morgan fingerprint density at radius 1 is 0.778 bits per heavy atom. The second-order valence-electron chi connectivity index (χ2n) is 6.10. The molecular weight excluding hydrogens is 220 g/mol. The number of nitrogens with one attached hydrogen (secondary N) is 1. The van der Waals surface area contributed by atoms with Crippen LogP contribution in [0, 0.1) is 5.92 Å². The Balaban J connectivity index is 3.28. The summed E-state index contributed by atoms with van der Waals surface area (Å²) in [4.78, 5) is 0. The van der Waals surface area contributed by atoms with E-state index in [9.17, 15) is 0 Å². The first-order valence-electron chi connectivity index (χ1n) is 8.16. The first kappa shape index (κ1) is 17.9. The van der Waals surface area contributed by atoms with Gasteiger partial charge in [0.05, 0.1) is 0 Å². The van der Waals surface area contributed by atoms with E-state index in [-0.39, 0.29) is 0 Å². The molecule has 0 amide bonds. The molecule has 3 N–H and O–H groups in total. The quantitative estimate of drug-likeness (QED) is 0.282. The van der Waals surface area contributed by atoms with Gasteiger partial charge >= 0.3 is 0 Å². The molecule has 0 aliphatic carbocycles. The van der Waals surface area contributed by atoms with Crippen molar-refractivity contribution in [1.82, 2.24) is 5.43 Å². The van der Waals surface area contributed by atoms with E-state index in [1.165, 1.54) is 70.6 Å². The van der Waals surface area contributed by atoms with Crippen molar-refractivity contribution in [1.29, 1.82) is 0 Å². The number of rotatable bonds is 13. The second-order valence-corrected chi connectivity index (χ2v) is 6.10. The molecule has 1 unspecified atom stereocenters. The van der Waals surface area contributed by atoms with Crippen molar-refractivity contribution < 1.29 is 0 Å². The van der Waals surface area contributed by atoms with Crippen molar-refractivity contribution in [3.8, 4) is 0 Å². The number of unbranched alkanes of at least 4 members (excludes halogenated alkanes) is 7. The van der Waals surface area contributed by atoms with Gasteiger partial charge in [0.2, 0.25) is 0 Å². The minimum atomic E-state index is 0.535. The standard InChI is InChI=1S/C16H36N2/c1-4-5-6-7-8-9-10-11-12-16(18-17)14-13-15(2)3/h15-16,18H,4-14,17H2,1-3H3. The van der Waals surface area contributed by atoms with Gasteiger partial charge in [0.25, 0.3) is 0 Å². The van der Waals surface area contributed by atoms with Crippen LogP contribution >= 0.6 is 0 Å². The average molecular weight is 256 g/mol. The summed E-state index contributed by atoms with van der Waals surface area (Å²) in [6.07, 6.45) is 14.9. The van der Waals surface area contributed by atoms with Crippen LogP contribution in [-0.4, -0.2) is 6.04 Å². The van der Waals surface area contributed by atoms with Gasteiger partial charge in [0.1, 0.15) is 0 Å². The molecule has 0 rings (SSSR count). The van der Waals surface area contributed by atoms with Gasteiger partial charge in [-0.3, -0.25) is 11.3 Å². The van der Waals surface area contributed by atoms with Crippen molar-refractivity contribution >= 4 is 0 Å². The first-order chi connectivity index (χ1) is 8.70. The summed E-state index contributed by atoms with van der Waals surface area (Å²) < 4.78 is 0. The third-order valence-electron chi connectivity index (χ3n) is 3.73. The molecule has 1 atom stereocenters. The molecule has 0 saturated heterocycles. The highest BCUT2D eigenvalue weighted by molar-refractivity contribution is 4.64. The van der Waals surface area contributed by atoms with Crippen LogP contribution in [0.2, 0.25) is 0 Å². The molecule has 0 radical (unpaired) electrons. The van der Waals surface area contributed by atoms with Gasteiger partial charge in [0.15, 0.2) is 0 Å². The lowest BCUT2D eigenvalue weighted by molar-refractivity contribution is 0.401. The molecule has 0 aromatic rings. The predicted molar refractivity (Wildman–Crippen MR) is 82.4 cm³/mol. The Morgan fingerprint density at radius 2 is 1.33 bits per heavy atom. The molecule has 2 nitrogen and oxygen atoms in total. The minimum Gasteiger partial charge on any atom is -0.271 e. The lowest BCUT2D eigenvalue weighted by Crippen LogP contribution is -2.35. The molecule has 0 aromatic carbocycles. The third-order valence-corrected chi connectivity index (χ3v) is 3.73. The Kier molecular flexibility index (Phi) is 13.3. The van der Waals surface area contributed by atoms with Gasteiger partial charge in [-0.05, 0) is 25.2 Å². The van der Waals surface area contributed by atoms with Crippen molar-refractivity contribution in [2.45, 2.75) is 97.4 Å². The maximum absolute atomic E-state index is 5.60. The summed E-state index contributed by atoms with van der Waals surface area (Å²) in [5.74, 6) is 6.40. The molecule has 0 heterocycles. The van der Waals surface area contributed by atoms with E-state index in [4.69, 9.17) is 5.84 Å². The molecule has 18 heavy (non-hydrogen) atoms.